The SMILES string of the molecule is Cn1c(CN2CCCC2)nnc1[C@H]1CCCN(C(=O)c2cccnc2)C1. The molecule has 0 N–H and O–H groups in total. The summed E-state index contributed by atoms with van der Waals surface area (Å²) >= 11 is 0. The van der Waals surface area contributed by atoms with Gasteiger partial charge in [0.2, 0.25) is 0 Å². The van der Waals surface area contributed by atoms with Crippen LogP contribution >= 0.6 is 0 Å². The van der Waals surface area contributed by atoms with E-state index in [4.69, 9.17) is 0 Å². The number of likely N-dealkylation sites (tertiary alicyclic amines) is 2. The second-order valence-electron chi connectivity index (χ2n) is 7.35. The Morgan fingerprint density at radius 3 is 2.81 bits per heavy atom. The molecule has 0 spiro atoms. The van der Waals surface area contributed by atoms with E-state index in [1.54, 1.807) is 12.4 Å². The lowest BCUT2D eigenvalue weighted by molar-refractivity contribution is 0.0703. The van der Waals surface area contributed by atoms with Crippen molar-refractivity contribution in [1.82, 2.24) is 29.5 Å². The molecule has 2 aromatic rings. The molecule has 7 heteroatoms. The summed E-state index contributed by atoms with van der Waals surface area (Å²) in [6.45, 7) is 4.67. The zero-order valence-corrected chi connectivity index (χ0v) is 15.3. The predicted octanol–water partition coefficient (Wildman–Crippen LogP) is 1.83. The minimum Gasteiger partial charge on any atom is -0.338 e. The first kappa shape index (κ1) is 17.1. The van der Waals surface area contributed by atoms with Crippen LogP contribution in [-0.4, -0.2) is 61.6 Å². The Bertz CT molecular complexity index is 753. The molecule has 2 aliphatic rings. The monoisotopic (exact) mass is 354 g/mol. The first-order chi connectivity index (χ1) is 12.7. The highest BCUT2D eigenvalue weighted by Crippen LogP contribution is 2.27. The summed E-state index contributed by atoms with van der Waals surface area (Å²) in [5.74, 6) is 2.33. The molecule has 138 valence electrons. The first-order valence-electron chi connectivity index (χ1n) is 9.52. The maximum Gasteiger partial charge on any atom is 0.255 e. The van der Waals surface area contributed by atoms with Crippen LogP contribution in [-0.2, 0) is 13.6 Å². The van der Waals surface area contributed by atoms with Crippen molar-refractivity contribution in [2.45, 2.75) is 38.1 Å². The van der Waals surface area contributed by atoms with E-state index in [2.05, 4.69) is 31.7 Å². The van der Waals surface area contributed by atoms with E-state index in [1.807, 2.05) is 17.0 Å². The number of aromatic nitrogens is 4. The van der Waals surface area contributed by atoms with Gasteiger partial charge in [0.05, 0.1) is 12.1 Å². The Balaban J connectivity index is 1.46. The van der Waals surface area contributed by atoms with Gasteiger partial charge >= 0.3 is 0 Å². The van der Waals surface area contributed by atoms with Crippen LogP contribution < -0.4 is 0 Å². The van der Waals surface area contributed by atoms with E-state index < -0.39 is 0 Å². The lowest BCUT2D eigenvalue weighted by atomic mass is 9.96. The van der Waals surface area contributed by atoms with Crippen molar-refractivity contribution in [2.75, 3.05) is 26.2 Å². The summed E-state index contributed by atoms with van der Waals surface area (Å²) in [4.78, 5) is 21.2. The molecule has 26 heavy (non-hydrogen) atoms. The van der Waals surface area contributed by atoms with E-state index in [1.165, 1.54) is 12.8 Å². The highest BCUT2D eigenvalue weighted by atomic mass is 16.2. The first-order valence-corrected chi connectivity index (χ1v) is 9.52. The molecule has 0 saturated carbocycles. The van der Waals surface area contributed by atoms with E-state index in [9.17, 15) is 4.79 Å². The van der Waals surface area contributed by atoms with Gasteiger partial charge in [0.25, 0.3) is 5.91 Å². The fraction of sp³-hybridized carbons (Fsp3) is 0.579. The molecule has 0 bridgehead atoms. The molecule has 0 aromatic carbocycles. The largest absolute Gasteiger partial charge is 0.338 e. The average Bonchev–Trinajstić information content (AvgIpc) is 3.33. The Morgan fingerprint density at radius 1 is 1.19 bits per heavy atom. The number of rotatable bonds is 4. The average molecular weight is 354 g/mol. The van der Waals surface area contributed by atoms with Crippen molar-refractivity contribution in [2.24, 2.45) is 7.05 Å². The van der Waals surface area contributed by atoms with Crippen molar-refractivity contribution in [1.29, 1.82) is 0 Å². The summed E-state index contributed by atoms with van der Waals surface area (Å²) in [6.07, 6.45) is 7.93. The van der Waals surface area contributed by atoms with Crippen LogP contribution in [0.1, 0.15) is 53.6 Å². The maximum atomic E-state index is 12.7. The number of nitrogens with zero attached hydrogens (tertiary/aromatic N) is 6. The number of carbonyl (C=O) groups is 1. The summed E-state index contributed by atoms with van der Waals surface area (Å²) in [5.41, 5.74) is 0.654. The van der Waals surface area contributed by atoms with Gasteiger partial charge in [0.1, 0.15) is 11.6 Å². The third kappa shape index (κ3) is 3.49. The van der Waals surface area contributed by atoms with Gasteiger partial charge in [0.15, 0.2) is 0 Å². The van der Waals surface area contributed by atoms with Crippen molar-refractivity contribution in [3.63, 3.8) is 0 Å². The van der Waals surface area contributed by atoms with Crippen LogP contribution in [0.25, 0.3) is 0 Å². The van der Waals surface area contributed by atoms with Gasteiger partial charge in [0, 0.05) is 38.4 Å². The molecule has 2 fully saturated rings. The molecular weight excluding hydrogens is 328 g/mol. The zero-order chi connectivity index (χ0) is 17.9. The van der Waals surface area contributed by atoms with Crippen LogP contribution in [0.15, 0.2) is 24.5 Å². The summed E-state index contributed by atoms with van der Waals surface area (Å²) in [6, 6.07) is 3.64. The molecule has 2 aliphatic heterocycles. The van der Waals surface area contributed by atoms with Gasteiger partial charge in [-0.2, -0.15) is 0 Å². The number of hydrogen-bond donors (Lipinski definition) is 0. The Kier molecular flexibility index (Phi) is 4.97. The molecule has 0 radical (unpaired) electrons. The fourth-order valence-electron chi connectivity index (χ4n) is 4.05. The molecule has 0 unspecified atom stereocenters. The molecule has 7 nitrogen and oxygen atoms in total. The number of pyridine rings is 1. The van der Waals surface area contributed by atoms with E-state index in [0.29, 0.717) is 12.1 Å². The van der Waals surface area contributed by atoms with Crippen LogP contribution in [0.4, 0.5) is 0 Å². The van der Waals surface area contributed by atoms with Crippen molar-refractivity contribution in [3.05, 3.63) is 41.7 Å². The van der Waals surface area contributed by atoms with Gasteiger partial charge in [-0.3, -0.25) is 14.7 Å². The summed E-state index contributed by atoms with van der Waals surface area (Å²) in [7, 11) is 2.06. The van der Waals surface area contributed by atoms with Gasteiger partial charge in [-0.25, -0.2) is 0 Å². The number of carbonyl (C=O) groups excluding carboxylic acids is 1. The minimum atomic E-state index is 0.0576. The summed E-state index contributed by atoms with van der Waals surface area (Å²) in [5, 5.41) is 8.92. The van der Waals surface area contributed by atoms with Gasteiger partial charge in [-0.15, -0.1) is 10.2 Å². The van der Waals surface area contributed by atoms with E-state index >= 15 is 0 Å². The predicted molar refractivity (Wildman–Crippen MR) is 97.6 cm³/mol. The molecule has 4 rings (SSSR count). The highest BCUT2D eigenvalue weighted by Gasteiger charge is 2.29. The smallest absolute Gasteiger partial charge is 0.255 e. The number of amides is 1. The third-order valence-corrected chi connectivity index (χ3v) is 5.54. The highest BCUT2D eigenvalue weighted by molar-refractivity contribution is 5.93. The number of piperidine rings is 1. The van der Waals surface area contributed by atoms with E-state index in [-0.39, 0.29) is 11.8 Å². The second-order valence-corrected chi connectivity index (χ2v) is 7.35. The van der Waals surface area contributed by atoms with Crippen LogP contribution in [0.2, 0.25) is 0 Å². The van der Waals surface area contributed by atoms with Gasteiger partial charge in [-0.05, 0) is 50.9 Å². The quantitative estimate of drug-likeness (QED) is 0.838. The second kappa shape index (κ2) is 7.53. The molecule has 0 aliphatic carbocycles. The minimum absolute atomic E-state index is 0.0576. The van der Waals surface area contributed by atoms with Crippen LogP contribution in [0, 0.1) is 0 Å². The maximum absolute atomic E-state index is 12.7. The van der Waals surface area contributed by atoms with E-state index in [0.717, 1.165) is 50.7 Å². The van der Waals surface area contributed by atoms with Crippen molar-refractivity contribution in [3.8, 4) is 0 Å². The van der Waals surface area contributed by atoms with Crippen molar-refractivity contribution < 1.29 is 4.79 Å². The number of hydrogen-bond acceptors (Lipinski definition) is 5. The third-order valence-electron chi connectivity index (χ3n) is 5.54. The lowest BCUT2D eigenvalue weighted by Gasteiger charge is -2.32. The Hall–Kier alpha value is -2.28. The molecule has 2 saturated heterocycles. The molecule has 2 aromatic heterocycles. The summed E-state index contributed by atoms with van der Waals surface area (Å²) < 4.78 is 2.14. The molecule has 1 amide bonds. The zero-order valence-electron chi connectivity index (χ0n) is 15.3. The molecular formula is C19H26N6O. The molecule has 4 heterocycles. The van der Waals surface area contributed by atoms with Crippen LogP contribution in [0.5, 0.6) is 0 Å². The van der Waals surface area contributed by atoms with Gasteiger partial charge < -0.3 is 9.47 Å². The Morgan fingerprint density at radius 2 is 2.04 bits per heavy atom. The molecule has 1 atom stereocenters. The lowest BCUT2D eigenvalue weighted by Crippen LogP contribution is -2.39. The van der Waals surface area contributed by atoms with Gasteiger partial charge in [-0.1, -0.05) is 0 Å². The van der Waals surface area contributed by atoms with Crippen molar-refractivity contribution >= 4 is 5.91 Å². The van der Waals surface area contributed by atoms with Crippen LogP contribution in [0.3, 0.4) is 0 Å². The fourth-order valence-corrected chi connectivity index (χ4v) is 4.05. The normalized spacial score (nSPS) is 21.3. The Labute approximate surface area is 154 Å². The standard InChI is InChI=1S/C19H26N6O/c1-23-17(14-24-9-2-3-10-24)21-22-18(23)16-7-5-11-25(13-16)19(26)15-6-4-8-20-12-15/h4,6,8,12,16H,2-3,5,7,9-11,13-14H2,1H3/t16-/m0/s1. The topological polar surface area (TPSA) is 67.2 Å².